The molecule has 1 aliphatic heterocycles. The summed E-state index contributed by atoms with van der Waals surface area (Å²) in [7, 11) is 1.59. The molecule has 0 radical (unpaired) electrons. The van der Waals surface area contributed by atoms with Gasteiger partial charge in [-0.2, -0.15) is 0 Å². The summed E-state index contributed by atoms with van der Waals surface area (Å²) in [4.78, 5) is 7.25. The van der Waals surface area contributed by atoms with Crippen molar-refractivity contribution in [3.63, 3.8) is 0 Å². The molecule has 1 aromatic carbocycles. The highest BCUT2D eigenvalue weighted by molar-refractivity contribution is 5.79. The third-order valence-electron chi connectivity index (χ3n) is 5.20. The van der Waals surface area contributed by atoms with E-state index in [1.54, 1.807) is 19.4 Å². The van der Waals surface area contributed by atoms with Gasteiger partial charge in [-0.05, 0) is 63.0 Å². The molecule has 1 atom stereocenters. The van der Waals surface area contributed by atoms with Crippen LogP contribution in [0.15, 0.2) is 46.0 Å². The monoisotopic (exact) mass is 400 g/mol. The first-order chi connectivity index (χ1) is 14.2. The van der Waals surface area contributed by atoms with E-state index in [9.17, 15) is 5.11 Å². The molecule has 2 heterocycles. The number of phenols is 1. The molecule has 1 saturated heterocycles. The Labute approximate surface area is 172 Å². The van der Waals surface area contributed by atoms with Gasteiger partial charge in [-0.25, -0.2) is 0 Å². The number of rotatable bonds is 9. The zero-order valence-corrected chi connectivity index (χ0v) is 17.4. The molecule has 1 fully saturated rings. The van der Waals surface area contributed by atoms with Crippen molar-refractivity contribution in [3.8, 4) is 11.5 Å². The second-order valence-corrected chi connectivity index (χ2v) is 7.17. The van der Waals surface area contributed by atoms with Gasteiger partial charge < -0.3 is 24.9 Å². The average molecular weight is 401 g/mol. The van der Waals surface area contributed by atoms with Crippen LogP contribution < -0.4 is 15.4 Å². The SMILES string of the molecule is CCNC(=NCC(c1ccco1)N1CCCC1)NCCc1ccc(OC)cc1O. The van der Waals surface area contributed by atoms with Crippen molar-refractivity contribution >= 4 is 5.96 Å². The number of benzene rings is 1. The van der Waals surface area contributed by atoms with Crippen molar-refractivity contribution in [3.05, 3.63) is 47.9 Å². The van der Waals surface area contributed by atoms with Gasteiger partial charge in [0.2, 0.25) is 0 Å². The van der Waals surface area contributed by atoms with Crippen molar-refractivity contribution in [2.45, 2.75) is 32.2 Å². The quantitative estimate of drug-likeness (QED) is 0.444. The molecular formula is C22H32N4O3. The number of aromatic hydroxyl groups is 1. The molecule has 0 amide bonds. The van der Waals surface area contributed by atoms with Crippen LogP contribution in [0.4, 0.5) is 0 Å². The minimum atomic E-state index is 0.161. The fraction of sp³-hybridized carbons (Fsp3) is 0.500. The van der Waals surface area contributed by atoms with Crippen molar-refractivity contribution < 1.29 is 14.3 Å². The average Bonchev–Trinajstić information content (AvgIpc) is 3.44. The van der Waals surface area contributed by atoms with Crippen molar-refractivity contribution in [1.82, 2.24) is 15.5 Å². The van der Waals surface area contributed by atoms with Crippen molar-refractivity contribution in [1.29, 1.82) is 0 Å². The Balaban J connectivity index is 1.59. The predicted molar refractivity (Wildman–Crippen MR) is 115 cm³/mol. The lowest BCUT2D eigenvalue weighted by atomic mass is 10.1. The topological polar surface area (TPSA) is 82.3 Å². The van der Waals surface area contributed by atoms with Gasteiger partial charge in [0.05, 0.1) is 26.0 Å². The van der Waals surface area contributed by atoms with Crippen LogP contribution in [0.3, 0.4) is 0 Å². The molecule has 1 unspecified atom stereocenters. The largest absolute Gasteiger partial charge is 0.508 e. The molecule has 0 spiro atoms. The van der Waals surface area contributed by atoms with Gasteiger partial charge >= 0.3 is 0 Å². The van der Waals surface area contributed by atoms with E-state index in [1.165, 1.54) is 12.8 Å². The highest BCUT2D eigenvalue weighted by Crippen LogP contribution is 2.26. The molecule has 7 nitrogen and oxygen atoms in total. The molecule has 3 N–H and O–H groups in total. The first-order valence-corrected chi connectivity index (χ1v) is 10.4. The number of nitrogens with one attached hydrogen (secondary N) is 2. The molecule has 0 saturated carbocycles. The number of hydrogen-bond acceptors (Lipinski definition) is 5. The Morgan fingerprint density at radius 3 is 2.76 bits per heavy atom. The smallest absolute Gasteiger partial charge is 0.191 e. The minimum Gasteiger partial charge on any atom is -0.508 e. The Kier molecular flexibility index (Phi) is 7.81. The summed E-state index contributed by atoms with van der Waals surface area (Å²) in [6.45, 7) is 6.31. The Morgan fingerprint density at radius 1 is 1.28 bits per heavy atom. The summed E-state index contributed by atoms with van der Waals surface area (Å²) in [5.74, 6) is 2.64. The molecule has 158 valence electrons. The molecule has 2 aromatic rings. The van der Waals surface area contributed by atoms with E-state index in [4.69, 9.17) is 14.1 Å². The highest BCUT2D eigenvalue weighted by Gasteiger charge is 2.25. The van der Waals surface area contributed by atoms with E-state index in [2.05, 4.69) is 22.5 Å². The number of ether oxygens (including phenoxy) is 1. The maximum atomic E-state index is 10.1. The molecule has 1 aliphatic rings. The van der Waals surface area contributed by atoms with E-state index in [0.717, 1.165) is 36.9 Å². The summed E-state index contributed by atoms with van der Waals surface area (Å²) in [6, 6.07) is 9.52. The first kappa shape index (κ1) is 21.0. The number of furan rings is 1. The van der Waals surface area contributed by atoms with Crippen LogP contribution in [0, 0.1) is 0 Å². The maximum Gasteiger partial charge on any atom is 0.191 e. The lowest BCUT2D eigenvalue weighted by Crippen LogP contribution is -2.39. The van der Waals surface area contributed by atoms with Crippen LogP contribution in [-0.2, 0) is 6.42 Å². The lowest BCUT2D eigenvalue weighted by molar-refractivity contribution is 0.221. The van der Waals surface area contributed by atoms with Gasteiger partial charge in [0, 0.05) is 19.2 Å². The first-order valence-electron chi connectivity index (χ1n) is 10.4. The summed E-state index contributed by atoms with van der Waals surface area (Å²) in [5.41, 5.74) is 0.875. The van der Waals surface area contributed by atoms with E-state index in [1.807, 2.05) is 24.3 Å². The van der Waals surface area contributed by atoms with E-state index >= 15 is 0 Å². The van der Waals surface area contributed by atoms with Crippen LogP contribution in [0.25, 0.3) is 0 Å². The highest BCUT2D eigenvalue weighted by atomic mass is 16.5. The third-order valence-corrected chi connectivity index (χ3v) is 5.20. The van der Waals surface area contributed by atoms with Gasteiger partial charge in [0.15, 0.2) is 5.96 Å². The molecule has 29 heavy (non-hydrogen) atoms. The molecule has 0 aliphatic carbocycles. The number of hydrogen-bond donors (Lipinski definition) is 3. The zero-order valence-electron chi connectivity index (χ0n) is 17.4. The normalized spacial score (nSPS) is 16.0. The molecule has 0 bridgehead atoms. The lowest BCUT2D eigenvalue weighted by Gasteiger charge is -2.24. The third kappa shape index (κ3) is 5.90. The van der Waals surface area contributed by atoms with Crippen LogP contribution in [-0.4, -0.2) is 55.8 Å². The molecule has 3 rings (SSSR count). The number of guanidine groups is 1. The molecule has 1 aromatic heterocycles. The minimum absolute atomic E-state index is 0.161. The number of nitrogens with zero attached hydrogens (tertiary/aromatic N) is 2. The van der Waals surface area contributed by atoms with Crippen LogP contribution in [0.5, 0.6) is 11.5 Å². The second-order valence-electron chi connectivity index (χ2n) is 7.17. The van der Waals surface area contributed by atoms with Crippen LogP contribution in [0.1, 0.15) is 37.1 Å². The maximum absolute atomic E-state index is 10.1. The standard InChI is InChI=1S/C22H32N4O3/c1-3-23-22(24-11-10-17-8-9-18(28-2)15-20(17)27)25-16-19(21-7-6-14-29-21)26-12-4-5-13-26/h6-9,14-15,19,27H,3-5,10-13,16H2,1-2H3,(H2,23,24,25). The number of methoxy groups -OCH3 is 1. The summed E-state index contributed by atoms with van der Waals surface area (Å²) < 4.78 is 10.8. The Hall–Kier alpha value is -2.67. The number of phenolic OH excluding ortho intramolecular Hbond substituents is 1. The summed E-state index contributed by atoms with van der Waals surface area (Å²) in [6.07, 6.45) is 4.87. The van der Waals surface area contributed by atoms with Crippen molar-refractivity contribution in [2.24, 2.45) is 4.99 Å². The Morgan fingerprint density at radius 2 is 2.10 bits per heavy atom. The van der Waals surface area contributed by atoms with Crippen LogP contribution >= 0.6 is 0 Å². The van der Waals surface area contributed by atoms with Gasteiger partial charge in [-0.15, -0.1) is 0 Å². The van der Waals surface area contributed by atoms with E-state index in [0.29, 0.717) is 25.3 Å². The zero-order chi connectivity index (χ0) is 20.5. The fourth-order valence-corrected chi connectivity index (χ4v) is 3.64. The Bertz CT molecular complexity index is 770. The van der Waals surface area contributed by atoms with Gasteiger partial charge in [-0.1, -0.05) is 6.07 Å². The summed E-state index contributed by atoms with van der Waals surface area (Å²) >= 11 is 0. The van der Waals surface area contributed by atoms with Crippen molar-refractivity contribution in [2.75, 3.05) is 39.8 Å². The number of likely N-dealkylation sites (tertiary alicyclic amines) is 1. The van der Waals surface area contributed by atoms with Gasteiger partial charge in [0.1, 0.15) is 17.3 Å². The van der Waals surface area contributed by atoms with E-state index in [-0.39, 0.29) is 11.8 Å². The van der Waals surface area contributed by atoms with E-state index < -0.39 is 0 Å². The predicted octanol–water partition coefficient (Wildman–Crippen LogP) is 2.93. The molecular weight excluding hydrogens is 368 g/mol. The van der Waals surface area contributed by atoms with Gasteiger partial charge in [-0.3, -0.25) is 9.89 Å². The molecule has 7 heteroatoms. The second kappa shape index (κ2) is 10.8. The number of aliphatic imine (C=N–C) groups is 1. The van der Waals surface area contributed by atoms with Gasteiger partial charge in [0.25, 0.3) is 0 Å². The fourth-order valence-electron chi connectivity index (χ4n) is 3.64. The van der Waals surface area contributed by atoms with Crippen LogP contribution in [0.2, 0.25) is 0 Å². The summed E-state index contributed by atoms with van der Waals surface area (Å²) in [5, 5.41) is 16.8.